The van der Waals surface area contributed by atoms with Crippen LogP contribution in [0.15, 0.2) is 127 Å². The molecule has 14 heteroatoms. The Kier molecular flexibility index (Phi) is 12.3. The smallest absolute Gasteiger partial charge is 0.326 e. The van der Waals surface area contributed by atoms with Crippen LogP contribution in [0.5, 0.6) is 17.2 Å². The molecule has 3 N–H and O–H groups in total. The van der Waals surface area contributed by atoms with Crippen LogP contribution >= 0.6 is 23.2 Å². The average molecular weight is 882 g/mol. The largest absolute Gasteiger partial charge is 0.497 e. The fourth-order valence-corrected chi connectivity index (χ4v) is 7.89. The Labute approximate surface area is 372 Å². The highest BCUT2D eigenvalue weighted by molar-refractivity contribution is 6.42. The maximum absolute atomic E-state index is 14.2. The number of hydrogen-bond donors (Lipinski definition) is 3. The number of carbonyl (C=O) groups excluding carboxylic acids is 3. The number of halogens is 2. The molecular formula is C49H38Cl2N4O8. The first-order valence-corrected chi connectivity index (χ1v) is 20.6. The van der Waals surface area contributed by atoms with Crippen LogP contribution in [0.2, 0.25) is 10.0 Å². The minimum Gasteiger partial charge on any atom is -0.497 e. The van der Waals surface area contributed by atoms with E-state index < -0.39 is 41.9 Å². The number of aliphatic carboxylic acids is 1. The van der Waals surface area contributed by atoms with Crippen LogP contribution < -0.4 is 24.8 Å². The first-order chi connectivity index (χ1) is 30.5. The highest BCUT2D eigenvalue weighted by atomic mass is 35.5. The lowest BCUT2D eigenvalue weighted by molar-refractivity contribution is -0.142. The van der Waals surface area contributed by atoms with Gasteiger partial charge in [0.1, 0.15) is 35.9 Å². The first kappa shape index (κ1) is 42.4. The molecule has 3 amide bonds. The minimum absolute atomic E-state index is 0.00699. The fourth-order valence-electron chi connectivity index (χ4n) is 7.57. The second kappa shape index (κ2) is 18.3. The monoisotopic (exact) mass is 880 g/mol. The van der Waals surface area contributed by atoms with E-state index in [2.05, 4.69) is 16.7 Å². The molecular weight excluding hydrogens is 843 g/mol. The molecule has 0 spiro atoms. The van der Waals surface area contributed by atoms with Crippen molar-refractivity contribution < 1.29 is 38.5 Å². The molecule has 2 heterocycles. The number of nitriles is 1. The van der Waals surface area contributed by atoms with Gasteiger partial charge in [0.05, 0.1) is 34.5 Å². The van der Waals surface area contributed by atoms with E-state index in [1.807, 2.05) is 30.3 Å². The molecule has 0 bridgehead atoms. The Bertz CT molecular complexity index is 2760. The van der Waals surface area contributed by atoms with Crippen molar-refractivity contribution in [2.45, 2.75) is 44.2 Å². The first-order valence-electron chi connectivity index (χ1n) is 19.8. The van der Waals surface area contributed by atoms with Gasteiger partial charge in [0, 0.05) is 30.5 Å². The van der Waals surface area contributed by atoms with Gasteiger partial charge in [-0.3, -0.25) is 14.4 Å². The molecule has 0 aromatic heterocycles. The fraction of sp³-hybridized carbons (Fsp3) is 0.163. The van der Waals surface area contributed by atoms with Gasteiger partial charge in [-0.25, -0.2) is 4.79 Å². The highest BCUT2D eigenvalue weighted by Crippen LogP contribution is 2.40. The minimum atomic E-state index is -1.31. The van der Waals surface area contributed by atoms with Gasteiger partial charge >= 0.3 is 5.97 Å². The summed E-state index contributed by atoms with van der Waals surface area (Å²) in [6.45, 7) is 0.250. The molecule has 0 saturated heterocycles. The van der Waals surface area contributed by atoms with E-state index in [-0.39, 0.29) is 26.0 Å². The number of carboxylic acids is 1. The number of carboxylic acid groups (broad SMARTS) is 1. The lowest BCUT2D eigenvalue weighted by Crippen LogP contribution is -2.56. The third kappa shape index (κ3) is 9.45. The molecule has 0 aliphatic carbocycles. The van der Waals surface area contributed by atoms with E-state index in [9.17, 15) is 24.3 Å². The summed E-state index contributed by atoms with van der Waals surface area (Å²) < 4.78 is 17.5. The zero-order valence-electron chi connectivity index (χ0n) is 33.6. The Morgan fingerprint density at radius 1 is 0.857 bits per heavy atom. The number of carbonyl (C=O) groups is 4. The van der Waals surface area contributed by atoms with Gasteiger partial charge in [0.25, 0.3) is 11.8 Å². The van der Waals surface area contributed by atoms with Crippen molar-refractivity contribution in [1.82, 2.24) is 10.2 Å². The summed E-state index contributed by atoms with van der Waals surface area (Å²) in [4.78, 5) is 56.0. The number of anilines is 1. The lowest BCUT2D eigenvalue weighted by Gasteiger charge is -2.37. The average Bonchev–Trinajstić information content (AvgIpc) is 3.30. The molecule has 12 nitrogen and oxygen atoms in total. The number of methoxy groups -OCH3 is 1. The predicted octanol–water partition coefficient (Wildman–Crippen LogP) is 8.57. The number of nitrogens with one attached hydrogen (secondary N) is 2. The van der Waals surface area contributed by atoms with Gasteiger partial charge in [-0.15, -0.1) is 0 Å². The van der Waals surface area contributed by atoms with Crippen LogP contribution in [0.1, 0.15) is 49.8 Å². The summed E-state index contributed by atoms with van der Waals surface area (Å²) >= 11 is 12.2. The molecule has 3 unspecified atom stereocenters. The molecule has 2 aliphatic rings. The SMILES string of the molecule is COc1ccc(C(=O)N2Cc3cc4c(cc3CC2C(=O)NC(Cc2ccc(-c3ccc(C#N)cc3)cc2)C(=O)O)NC(=O)C(c2ccc(OCc3ccc(Cl)c(Cl)c3)cc2)O4)cc1. The summed E-state index contributed by atoms with van der Waals surface area (Å²) in [5.74, 6) is -1.23. The summed E-state index contributed by atoms with van der Waals surface area (Å²) in [7, 11) is 1.52. The van der Waals surface area contributed by atoms with Crippen molar-refractivity contribution in [3.8, 4) is 34.4 Å². The number of ether oxygens (including phenoxy) is 3. The van der Waals surface area contributed by atoms with Crippen LogP contribution in [-0.4, -0.2) is 52.9 Å². The molecule has 6 aromatic rings. The van der Waals surface area contributed by atoms with Crippen molar-refractivity contribution in [3.63, 3.8) is 0 Å². The number of hydrogen-bond acceptors (Lipinski definition) is 8. The molecule has 0 saturated carbocycles. The maximum Gasteiger partial charge on any atom is 0.326 e. The van der Waals surface area contributed by atoms with Crippen molar-refractivity contribution in [1.29, 1.82) is 5.26 Å². The van der Waals surface area contributed by atoms with Gasteiger partial charge < -0.3 is 34.9 Å². The number of fused-ring (bicyclic) bond motifs is 2. The van der Waals surface area contributed by atoms with Crippen molar-refractivity contribution in [2.24, 2.45) is 0 Å². The van der Waals surface area contributed by atoms with E-state index in [1.54, 1.807) is 97.1 Å². The summed E-state index contributed by atoms with van der Waals surface area (Å²) in [5, 5.41) is 25.9. The van der Waals surface area contributed by atoms with E-state index in [4.69, 9.17) is 42.7 Å². The van der Waals surface area contributed by atoms with Crippen LogP contribution in [0.4, 0.5) is 5.69 Å². The molecule has 316 valence electrons. The van der Waals surface area contributed by atoms with Gasteiger partial charge in [-0.2, -0.15) is 5.26 Å². The van der Waals surface area contributed by atoms with Crippen molar-refractivity contribution >= 4 is 52.6 Å². The van der Waals surface area contributed by atoms with E-state index >= 15 is 0 Å². The Hall–Kier alpha value is -7.33. The van der Waals surface area contributed by atoms with Crippen molar-refractivity contribution in [2.75, 3.05) is 12.4 Å². The Morgan fingerprint density at radius 2 is 1.52 bits per heavy atom. The number of nitrogens with zero attached hydrogens (tertiary/aromatic N) is 2. The zero-order valence-corrected chi connectivity index (χ0v) is 35.2. The highest BCUT2D eigenvalue weighted by Gasteiger charge is 2.39. The molecule has 2 aliphatic heterocycles. The summed E-state index contributed by atoms with van der Waals surface area (Å²) in [5.41, 5.74) is 6.49. The van der Waals surface area contributed by atoms with Gasteiger partial charge in [-0.05, 0) is 106 Å². The van der Waals surface area contributed by atoms with Crippen LogP contribution in [0.25, 0.3) is 11.1 Å². The molecule has 6 aromatic carbocycles. The van der Waals surface area contributed by atoms with Crippen molar-refractivity contribution in [3.05, 3.63) is 176 Å². The molecule has 3 atom stereocenters. The number of rotatable bonds is 12. The van der Waals surface area contributed by atoms with Crippen LogP contribution in [-0.2, 0) is 40.4 Å². The molecule has 8 rings (SSSR count). The second-order valence-electron chi connectivity index (χ2n) is 15.1. The topological polar surface area (TPSA) is 167 Å². The second-order valence-corrected chi connectivity index (χ2v) is 15.9. The number of benzene rings is 6. The Morgan fingerprint density at radius 3 is 2.17 bits per heavy atom. The predicted molar refractivity (Wildman–Crippen MR) is 236 cm³/mol. The van der Waals surface area contributed by atoms with E-state index in [0.717, 1.165) is 16.7 Å². The quantitative estimate of drug-likeness (QED) is 0.109. The van der Waals surface area contributed by atoms with E-state index in [1.165, 1.54) is 12.0 Å². The summed E-state index contributed by atoms with van der Waals surface area (Å²) in [6.07, 6.45) is -0.971. The third-order valence-corrected chi connectivity index (χ3v) is 11.7. The maximum atomic E-state index is 14.2. The zero-order chi connectivity index (χ0) is 44.2. The summed E-state index contributed by atoms with van der Waals surface area (Å²) in [6, 6.07) is 36.3. The van der Waals surface area contributed by atoms with Crippen LogP contribution in [0, 0.1) is 11.3 Å². The van der Waals surface area contributed by atoms with Gasteiger partial charge in [0.15, 0.2) is 0 Å². The molecule has 0 fully saturated rings. The van der Waals surface area contributed by atoms with Gasteiger partial charge in [-0.1, -0.05) is 77.8 Å². The lowest BCUT2D eigenvalue weighted by atomic mass is 9.91. The molecule has 0 radical (unpaired) electrons. The molecule has 63 heavy (non-hydrogen) atoms. The Balaban J connectivity index is 1.00. The van der Waals surface area contributed by atoms with Crippen LogP contribution in [0.3, 0.4) is 0 Å². The van der Waals surface area contributed by atoms with Gasteiger partial charge in [0.2, 0.25) is 12.0 Å². The third-order valence-electron chi connectivity index (χ3n) is 11.0. The van der Waals surface area contributed by atoms with E-state index in [0.29, 0.717) is 66.4 Å². The normalized spacial score (nSPS) is 15.7. The standard InChI is InChI=1S/C49H38Cl2N4O8/c1-61-37-15-13-34(14-16-37)48(58)55-26-36-24-44-41(53-47(57)45(63-44)33-11-17-38(18-12-33)62-27-30-6-19-39(50)40(51)20-30)22-35(36)23-43(55)46(56)54-42(49(59)60)21-28-2-7-31(8-3-28)32-9-4-29(25-52)5-10-32/h2-20,22,24,42-43,45H,21,23,26-27H2,1H3,(H,53,57)(H,54,56)(H,59,60). The number of amides is 3.